The van der Waals surface area contributed by atoms with E-state index in [2.05, 4.69) is 0 Å². The van der Waals surface area contributed by atoms with Crippen molar-refractivity contribution in [1.29, 1.82) is 0 Å². The van der Waals surface area contributed by atoms with E-state index in [1.807, 2.05) is 0 Å². The van der Waals surface area contributed by atoms with E-state index in [4.69, 9.17) is 30.1 Å². The molecule has 1 aliphatic heterocycles. The Labute approximate surface area is 210 Å². The van der Waals surface area contributed by atoms with Gasteiger partial charge in [-0.2, -0.15) is 0 Å². The largest absolute Gasteiger partial charge is 0.472 e. The number of fused-ring (bicyclic) bond motifs is 3. The minimum Gasteiger partial charge on any atom is -0.472 e. The van der Waals surface area contributed by atoms with Crippen LogP contribution in [-0.4, -0.2) is 41.9 Å². The number of ether oxygens (including phenoxy) is 3. The summed E-state index contributed by atoms with van der Waals surface area (Å²) in [6.07, 6.45) is 3.36. The van der Waals surface area contributed by atoms with Gasteiger partial charge in [-0.3, -0.25) is 14.4 Å². The Kier molecular flexibility index (Phi) is 5.99. The average Bonchev–Trinajstić information content (AvgIpc) is 3.40. The Hall–Kier alpha value is -3.83. The monoisotopic (exact) mass is 512 g/mol. The molecule has 0 amide bonds. The molecule has 1 saturated carbocycles. The van der Waals surface area contributed by atoms with Gasteiger partial charge in [0.05, 0.1) is 43.0 Å². The minimum atomic E-state index is -1.56. The van der Waals surface area contributed by atoms with Crippen LogP contribution in [0.4, 0.5) is 4.39 Å². The molecular weight excluding hydrogens is 487 g/mol. The van der Waals surface area contributed by atoms with Crippen molar-refractivity contribution in [3.8, 4) is 0 Å². The van der Waals surface area contributed by atoms with Gasteiger partial charge in [-0.1, -0.05) is 12.1 Å². The maximum Gasteiger partial charge on any atom is 0.346 e. The zero-order valence-electron chi connectivity index (χ0n) is 19.8. The number of benzene rings is 1. The van der Waals surface area contributed by atoms with Gasteiger partial charge in [0.1, 0.15) is 11.9 Å². The molecule has 2 aliphatic carbocycles. The van der Waals surface area contributed by atoms with Crippen molar-refractivity contribution >= 4 is 23.7 Å². The average molecular weight is 512 g/mol. The molecule has 0 unspecified atom stereocenters. The van der Waals surface area contributed by atoms with Crippen LogP contribution in [0.15, 0.2) is 59.1 Å². The van der Waals surface area contributed by atoms with E-state index in [0.717, 1.165) is 19.3 Å². The molecule has 2 aromatic rings. The number of furan rings is 1. The molecule has 11 heteroatoms. The van der Waals surface area contributed by atoms with Crippen LogP contribution in [0, 0.1) is 23.6 Å². The molecule has 1 aromatic carbocycles. The highest BCUT2D eigenvalue weighted by molar-refractivity contribution is 6.04. The summed E-state index contributed by atoms with van der Waals surface area (Å²) < 4.78 is 35.2. The Morgan fingerprint density at radius 1 is 1.14 bits per heavy atom. The molecule has 0 radical (unpaired) electrons. The summed E-state index contributed by atoms with van der Waals surface area (Å²) in [5.74, 6) is -8.09. The zero-order chi connectivity index (χ0) is 26.5. The first-order valence-electron chi connectivity index (χ1n) is 11.7. The predicted molar refractivity (Wildman–Crippen MR) is 123 cm³/mol. The number of carbonyl (C=O) groups excluding carboxylic acids is 4. The van der Waals surface area contributed by atoms with E-state index in [0.29, 0.717) is 5.56 Å². The van der Waals surface area contributed by atoms with Crippen LogP contribution >= 0.6 is 0 Å². The number of nitrogens with two attached hydrogens (primary N) is 2. The van der Waals surface area contributed by atoms with Crippen molar-refractivity contribution < 1.29 is 42.2 Å². The number of cyclic esters (lactones) is 1. The third kappa shape index (κ3) is 3.85. The quantitative estimate of drug-likeness (QED) is 0.457. The molecule has 6 atom stereocenters. The fourth-order valence-electron chi connectivity index (χ4n) is 5.97. The van der Waals surface area contributed by atoms with Gasteiger partial charge in [0.15, 0.2) is 5.76 Å². The van der Waals surface area contributed by atoms with E-state index in [-0.39, 0.29) is 19.3 Å². The summed E-state index contributed by atoms with van der Waals surface area (Å²) in [7, 11) is 1.16. The van der Waals surface area contributed by atoms with E-state index in [1.54, 1.807) is 6.07 Å². The highest BCUT2D eigenvalue weighted by Gasteiger charge is 2.67. The highest BCUT2D eigenvalue weighted by atomic mass is 19.1. The molecule has 2 heterocycles. The van der Waals surface area contributed by atoms with Gasteiger partial charge in [0.2, 0.25) is 5.78 Å². The van der Waals surface area contributed by atoms with E-state index < -0.39 is 75.8 Å². The first-order chi connectivity index (χ1) is 17.6. The molecule has 3 aliphatic rings. The fraction of sp³-hybridized carbons (Fsp3) is 0.385. The van der Waals surface area contributed by atoms with Gasteiger partial charge in [-0.05, 0) is 37.1 Å². The number of rotatable bonds is 4. The second-order valence-corrected chi connectivity index (χ2v) is 9.70. The second kappa shape index (κ2) is 8.93. The Balaban J connectivity index is 1.58. The van der Waals surface area contributed by atoms with Crippen LogP contribution < -0.4 is 11.5 Å². The molecule has 5 rings (SSSR count). The normalized spacial score (nSPS) is 32.9. The predicted octanol–water partition coefficient (Wildman–Crippen LogP) is 1.94. The number of Topliss-reactive ketones (excluding diaryl/α,β-unsaturated/α-hetero) is 1. The van der Waals surface area contributed by atoms with Crippen LogP contribution in [0.2, 0.25) is 0 Å². The number of ketones is 1. The van der Waals surface area contributed by atoms with Crippen LogP contribution in [0.5, 0.6) is 0 Å². The van der Waals surface area contributed by atoms with Gasteiger partial charge >= 0.3 is 17.9 Å². The number of carbonyl (C=O) groups is 4. The molecule has 1 saturated heterocycles. The first kappa shape index (κ1) is 24.8. The Morgan fingerprint density at radius 3 is 2.57 bits per heavy atom. The first-order valence-corrected chi connectivity index (χ1v) is 11.7. The standard InChI is InChI=1S/C26H25FN2O8/c1-34-23(32)16-10-18(36-22(31)14-4-2-3-5-17(14)27)20(30)21-25(16,28)8-6-15-24(33)37-19(11-26(15,21)29)13-7-9-35-12-13/h2-5,7,9-10,12,15-16,19,21H,6,8,11,28-29H2,1H3/t15-,16-,19-,21-,25+,26+/m0/s1. The molecule has 2 fully saturated rings. The number of halogens is 1. The third-order valence-corrected chi connectivity index (χ3v) is 7.74. The number of hydrogen-bond donors (Lipinski definition) is 2. The van der Waals surface area contributed by atoms with Gasteiger partial charge in [0.25, 0.3) is 0 Å². The lowest BCUT2D eigenvalue weighted by Gasteiger charge is -2.58. The van der Waals surface area contributed by atoms with Crippen LogP contribution in [0.1, 0.15) is 41.3 Å². The van der Waals surface area contributed by atoms with Crippen molar-refractivity contribution in [1.82, 2.24) is 0 Å². The number of allylic oxidation sites excluding steroid dienone is 1. The van der Waals surface area contributed by atoms with E-state index in [1.165, 1.54) is 30.7 Å². The van der Waals surface area contributed by atoms with Crippen molar-refractivity contribution in [3.63, 3.8) is 0 Å². The number of hydrogen-bond acceptors (Lipinski definition) is 10. The summed E-state index contributed by atoms with van der Waals surface area (Å²) in [5, 5.41) is 0. The highest BCUT2D eigenvalue weighted by Crippen LogP contribution is 2.55. The zero-order valence-corrected chi connectivity index (χ0v) is 19.8. The summed E-state index contributed by atoms with van der Waals surface area (Å²) >= 11 is 0. The molecular formula is C26H25FN2O8. The number of esters is 3. The Bertz CT molecular complexity index is 1310. The summed E-state index contributed by atoms with van der Waals surface area (Å²) in [5.41, 5.74) is 10.7. The van der Waals surface area contributed by atoms with Crippen molar-refractivity contribution in [2.45, 2.75) is 36.4 Å². The fourth-order valence-corrected chi connectivity index (χ4v) is 5.97. The lowest BCUT2D eigenvalue weighted by atomic mass is 9.50. The topological polar surface area (TPSA) is 161 Å². The van der Waals surface area contributed by atoms with Crippen molar-refractivity contribution in [2.75, 3.05) is 7.11 Å². The SMILES string of the molecule is COC(=O)[C@@H]1C=C(OC(=O)c2ccccc2F)C(=O)[C@H]2[C@@]1(N)CC[C@H]1C(=O)O[C@H](c3ccoc3)C[C@]21N. The molecule has 194 valence electrons. The van der Waals surface area contributed by atoms with Gasteiger partial charge in [-0.25, -0.2) is 9.18 Å². The van der Waals surface area contributed by atoms with E-state index >= 15 is 0 Å². The van der Waals surface area contributed by atoms with Crippen LogP contribution in [0.3, 0.4) is 0 Å². The van der Waals surface area contributed by atoms with Gasteiger partial charge < -0.3 is 30.1 Å². The van der Waals surface area contributed by atoms with Gasteiger partial charge in [0, 0.05) is 23.1 Å². The summed E-state index contributed by atoms with van der Waals surface area (Å²) in [6.45, 7) is 0. The maximum atomic E-state index is 14.2. The second-order valence-electron chi connectivity index (χ2n) is 9.70. The molecule has 10 nitrogen and oxygen atoms in total. The number of methoxy groups -OCH3 is 1. The van der Waals surface area contributed by atoms with Crippen molar-refractivity contribution in [2.24, 2.45) is 29.2 Å². The molecule has 4 N–H and O–H groups in total. The summed E-state index contributed by atoms with van der Waals surface area (Å²) in [4.78, 5) is 52.6. The minimum absolute atomic E-state index is 0.000723. The van der Waals surface area contributed by atoms with Crippen molar-refractivity contribution in [3.05, 3.63) is 71.6 Å². The molecule has 0 spiro atoms. The van der Waals surface area contributed by atoms with E-state index in [9.17, 15) is 23.6 Å². The lowest BCUT2D eigenvalue weighted by Crippen LogP contribution is -2.76. The van der Waals surface area contributed by atoms with Gasteiger partial charge in [-0.15, -0.1) is 0 Å². The summed E-state index contributed by atoms with van der Waals surface area (Å²) in [6, 6.07) is 6.71. The Morgan fingerprint density at radius 2 is 1.89 bits per heavy atom. The molecule has 1 aromatic heterocycles. The smallest absolute Gasteiger partial charge is 0.346 e. The van der Waals surface area contributed by atoms with Crippen LogP contribution in [-0.2, 0) is 28.6 Å². The van der Waals surface area contributed by atoms with Crippen LogP contribution in [0.25, 0.3) is 0 Å². The molecule has 0 bridgehead atoms. The lowest BCUT2D eigenvalue weighted by molar-refractivity contribution is -0.179. The third-order valence-electron chi connectivity index (χ3n) is 7.74. The maximum absolute atomic E-state index is 14.2. The molecule has 37 heavy (non-hydrogen) atoms.